The van der Waals surface area contributed by atoms with Crippen LogP contribution in [0.25, 0.3) is 0 Å². The van der Waals surface area contributed by atoms with Crippen LogP contribution >= 0.6 is 0 Å². The lowest BCUT2D eigenvalue weighted by Gasteiger charge is -2.27. The van der Waals surface area contributed by atoms with Gasteiger partial charge in [0, 0.05) is 11.5 Å². The van der Waals surface area contributed by atoms with E-state index in [1.54, 1.807) is 7.11 Å². The van der Waals surface area contributed by atoms with Crippen molar-refractivity contribution in [3.63, 3.8) is 0 Å². The van der Waals surface area contributed by atoms with E-state index in [1.165, 1.54) is 5.56 Å². The number of benzene rings is 1. The zero-order valence-corrected chi connectivity index (χ0v) is 14.7. The highest BCUT2D eigenvalue weighted by Gasteiger charge is 2.28. The van der Waals surface area contributed by atoms with Crippen molar-refractivity contribution < 1.29 is 8.95 Å². The van der Waals surface area contributed by atoms with Crippen LogP contribution in [-0.4, -0.2) is 21.8 Å². The van der Waals surface area contributed by atoms with E-state index < -0.39 is 11.0 Å². The Labute approximate surface area is 136 Å². The van der Waals surface area contributed by atoms with Gasteiger partial charge in [-0.2, -0.15) is 4.40 Å². The molecule has 120 valence electrons. The third-order valence-corrected chi connectivity index (χ3v) is 5.30. The Hall–Kier alpha value is -1.42. The minimum absolute atomic E-state index is 0.296. The monoisotopic (exact) mass is 319 g/mol. The van der Waals surface area contributed by atoms with Gasteiger partial charge in [-0.3, -0.25) is 0 Å². The first-order valence-corrected chi connectivity index (χ1v) is 8.76. The molecule has 1 aromatic carbocycles. The van der Waals surface area contributed by atoms with E-state index >= 15 is 0 Å². The van der Waals surface area contributed by atoms with Crippen molar-refractivity contribution in [1.29, 1.82) is 0 Å². The molecule has 0 bridgehead atoms. The van der Waals surface area contributed by atoms with Crippen LogP contribution in [0, 0.1) is 5.92 Å². The summed E-state index contributed by atoms with van der Waals surface area (Å²) in [7, 11) is 0.424. The van der Waals surface area contributed by atoms with Crippen LogP contribution < -0.4 is 4.74 Å². The molecule has 1 aliphatic carbocycles. The molecule has 0 heterocycles. The summed E-state index contributed by atoms with van der Waals surface area (Å²) in [5, 5.41) is 0. The van der Waals surface area contributed by atoms with Gasteiger partial charge in [0.15, 0.2) is 0 Å². The SMILES string of the molecule is C=CC[C@@H]1CCc2cc(OC)ccc2/C1=N/S(=O)C(C)(C)C. The summed E-state index contributed by atoms with van der Waals surface area (Å²) in [6.45, 7) is 9.71. The first kappa shape index (κ1) is 16.9. The van der Waals surface area contributed by atoms with Crippen LogP contribution in [0.15, 0.2) is 35.3 Å². The maximum atomic E-state index is 12.5. The zero-order valence-electron chi connectivity index (χ0n) is 13.9. The topological polar surface area (TPSA) is 38.7 Å². The highest BCUT2D eigenvalue weighted by atomic mass is 32.2. The van der Waals surface area contributed by atoms with Gasteiger partial charge in [0.2, 0.25) is 0 Å². The fourth-order valence-electron chi connectivity index (χ4n) is 2.62. The third kappa shape index (κ3) is 3.67. The van der Waals surface area contributed by atoms with Crippen LogP contribution in [0.3, 0.4) is 0 Å². The van der Waals surface area contributed by atoms with E-state index in [2.05, 4.69) is 17.0 Å². The van der Waals surface area contributed by atoms with Crippen LogP contribution in [0.5, 0.6) is 5.75 Å². The summed E-state index contributed by atoms with van der Waals surface area (Å²) in [5.41, 5.74) is 3.29. The molecule has 0 aromatic heterocycles. The normalized spacial score (nSPS) is 21.3. The van der Waals surface area contributed by atoms with E-state index in [4.69, 9.17) is 4.74 Å². The second-order valence-electron chi connectivity index (χ2n) is 6.62. The van der Waals surface area contributed by atoms with Crippen molar-refractivity contribution >= 4 is 16.7 Å². The molecule has 1 aliphatic rings. The first-order valence-electron chi connectivity index (χ1n) is 7.65. The van der Waals surface area contributed by atoms with Gasteiger partial charge in [-0.15, -0.1) is 6.58 Å². The number of hydrogen-bond acceptors (Lipinski definition) is 2. The lowest BCUT2D eigenvalue weighted by molar-refractivity contribution is 0.414. The molecule has 0 saturated heterocycles. The van der Waals surface area contributed by atoms with Crippen LogP contribution in [-0.2, 0) is 17.4 Å². The number of ether oxygens (including phenoxy) is 1. The Morgan fingerprint density at radius 2 is 2.18 bits per heavy atom. The molecular weight excluding hydrogens is 294 g/mol. The minimum atomic E-state index is -1.25. The minimum Gasteiger partial charge on any atom is -0.497 e. The zero-order chi connectivity index (χ0) is 16.3. The number of hydrogen-bond donors (Lipinski definition) is 0. The van der Waals surface area contributed by atoms with Gasteiger partial charge in [0.05, 0.1) is 17.6 Å². The molecule has 2 rings (SSSR count). The Morgan fingerprint density at radius 1 is 1.45 bits per heavy atom. The summed E-state index contributed by atoms with van der Waals surface area (Å²) >= 11 is 0. The van der Waals surface area contributed by atoms with Crippen molar-refractivity contribution in [2.75, 3.05) is 7.11 Å². The Kier molecular flexibility index (Phi) is 5.22. The summed E-state index contributed by atoms with van der Waals surface area (Å²) in [6.07, 6.45) is 4.79. The van der Waals surface area contributed by atoms with Gasteiger partial charge in [-0.1, -0.05) is 6.08 Å². The second kappa shape index (κ2) is 6.78. The fraction of sp³-hybridized carbons (Fsp3) is 0.500. The van der Waals surface area contributed by atoms with Crippen molar-refractivity contribution in [3.8, 4) is 5.75 Å². The summed E-state index contributed by atoms with van der Waals surface area (Å²) in [5.74, 6) is 1.15. The van der Waals surface area contributed by atoms with E-state index in [0.29, 0.717) is 5.92 Å². The average Bonchev–Trinajstić information content (AvgIpc) is 2.48. The molecule has 0 amide bonds. The number of rotatable bonds is 4. The first-order chi connectivity index (χ1) is 10.4. The molecule has 22 heavy (non-hydrogen) atoms. The van der Waals surface area contributed by atoms with E-state index in [-0.39, 0.29) is 4.75 Å². The number of methoxy groups -OCH3 is 1. The molecule has 1 aromatic rings. The molecule has 0 fully saturated rings. The predicted octanol–water partition coefficient (Wildman–Crippen LogP) is 4.09. The van der Waals surface area contributed by atoms with E-state index in [1.807, 2.05) is 39.0 Å². The maximum absolute atomic E-state index is 12.5. The molecule has 0 aliphatic heterocycles. The van der Waals surface area contributed by atoms with Crippen LogP contribution in [0.1, 0.15) is 44.7 Å². The van der Waals surface area contributed by atoms with Gasteiger partial charge in [-0.05, 0) is 63.8 Å². The van der Waals surface area contributed by atoms with E-state index in [9.17, 15) is 4.21 Å². The van der Waals surface area contributed by atoms with Gasteiger partial charge >= 0.3 is 0 Å². The predicted molar refractivity (Wildman–Crippen MR) is 94.1 cm³/mol. The fourth-order valence-corrected chi connectivity index (χ4v) is 3.32. The van der Waals surface area contributed by atoms with Crippen LogP contribution in [0.4, 0.5) is 0 Å². The molecule has 4 heteroatoms. The average molecular weight is 319 g/mol. The Balaban J connectivity index is 2.48. The molecular formula is C18H25NO2S. The maximum Gasteiger partial charge on any atom is 0.145 e. The summed E-state index contributed by atoms with van der Waals surface area (Å²) in [4.78, 5) is 0. The van der Waals surface area contributed by atoms with Gasteiger partial charge in [0.25, 0.3) is 0 Å². The standard InChI is InChI=1S/C18H25NO2S/c1-6-7-13-8-9-14-12-15(21-5)10-11-16(14)17(13)19-22(20)18(2,3)4/h6,10-13H,1,7-9H2,2-5H3/b19-17+/t13-,22?/m1/s1. The summed E-state index contributed by atoms with van der Waals surface area (Å²) < 4.78 is 22.1. The third-order valence-electron chi connectivity index (χ3n) is 3.89. The van der Waals surface area contributed by atoms with Crippen molar-refractivity contribution in [1.82, 2.24) is 0 Å². The summed E-state index contributed by atoms with van der Waals surface area (Å²) in [6, 6.07) is 6.06. The lowest BCUT2D eigenvalue weighted by atomic mass is 9.80. The molecule has 2 atom stereocenters. The lowest BCUT2D eigenvalue weighted by Crippen LogP contribution is -2.27. The van der Waals surface area contributed by atoms with Crippen LogP contribution in [0.2, 0.25) is 0 Å². The molecule has 3 nitrogen and oxygen atoms in total. The molecule has 0 N–H and O–H groups in total. The smallest absolute Gasteiger partial charge is 0.145 e. The largest absolute Gasteiger partial charge is 0.497 e. The highest BCUT2D eigenvalue weighted by molar-refractivity contribution is 7.85. The van der Waals surface area contributed by atoms with Gasteiger partial charge < -0.3 is 4.74 Å². The molecule has 0 spiro atoms. The number of nitrogens with zero attached hydrogens (tertiary/aromatic N) is 1. The van der Waals surface area contributed by atoms with E-state index in [0.717, 1.165) is 36.3 Å². The number of fused-ring (bicyclic) bond motifs is 1. The van der Waals surface area contributed by atoms with Crippen molar-refractivity contribution in [2.24, 2.45) is 10.3 Å². The van der Waals surface area contributed by atoms with Crippen molar-refractivity contribution in [2.45, 2.75) is 44.8 Å². The van der Waals surface area contributed by atoms with Gasteiger partial charge in [-0.25, -0.2) is 4.21 Å². The second-order valence-corrected chi connectivity index (χ2v) is 8.53. The molecule has 0 saturated carbocycles. The quantitative estimate of drug-likeness (QED) is 0.784. The Bertz CT molecular complexity index is 614. The highest BCUT2D eigenvalue weighted by Crippen LogP contribution is 2.32. The molecule has 0 radical (unpaired) electrons. The Morgan fingerprint density at radius 3 is 2.77 bits per heavy atom. The molecule has 1 unspecified atom stereocenters. The van der Waals surface area contributed by atoms with Gasteiger partial charge in [0.1, 0.15) is 16.7 Å². The number of allylic oxidation sites excluding steroid dienone is 1. The van der Waals surface area contributed by atoms with Crippen molar-refractivity contribution in [3.05, 3.63) is 42.0 Å². The number of aryl methyl sites for hydroxylation is 1.